The number of carbonyl (C=O) groups excluding carboxylic acids is 1. The normalized spacial score (nSPS) is 26.6. The Bertz CT molecular complexity index is 435. The molecule has 0 aromatic carbocycles. The van der Waals surface area contributed by atoms with E-state index in [9.17, 15) is 4.79 Å². The summed E-state index contributed by atoms with van der Waals surface area (Å²) in [5.74, 6) is 1.30. The molecule has 0 saturated carbocycles. The Labute approximate surface area is 112 Å². The van der Waals surface area contributed by atoms with E-state index >= 15 is 0 Å². The van der Waals surface area contributed by atoms with Gasteiger partial charge in [-0.2, -0.15) is 0 Å². The number of rotatable bonds is 1. The summed E-state index contributed by atoms with van der Waals surface area (Å²) in [7, 11) is 0. The largest absolute Gasteiger partial charge is 0.361 e. The van der Waals surface area contributed by atoms with Crippen molar-refractivity contribution in [3.05, 3.63) is 17.5 Å². The molecule has 0 bridgehead atoms. The summed E-state index contributed by atoms with van der Waals surface area (Å²) in [6, 6.07) is 2.32. The van der Waals surface area contributed by atoms with Crippen molar-refractivity contribution in [2.75, 3.05) is 19.6 Å². The summed E-state index contributed by atoms with van der Waals surface area (Å²) >= 11 is 0. The number of halogens is 1. The highest BCUT2D eigenvalue weighted by Crippen LogP contribution is 2.25. The van der Waals surface area contributed by atoms with Crippen LogP contribution in [-0.2, 0) is 0 Å². The number of fused-ring (bicyclic) bond motifs is 1. The lowest BCUT2D eigenvalue weighted by molar-refractivity contribution is 0.0651. The molecule has 1 aromatic rings. The van der Waals surface area contributed by atoms with Crippen LogP contribution >= 0.6 is 12.4 Å². The highest BCUT2D eigenvalue weighted by molar-refractivity contribution is 5.92. The van der Waals surface area contributed by atoms with Crippen LogP contribution in [0.3, 0.4) is 0 Å². The molecule has 5 nitrogen and oxygen atoms in total. The fourth-order valence-corrected chi connectivity index (χ4v) is 2.86. The van der Waals surface area contributed by atoms with E-state index < -0.39 is 0 Å². The number of nitrogens with zero attached hydrogens (tertiary/aromatic N) is 2. The molecule has 2 aliphatic heterocycles. The van der Waals surface area contributed by atoms with Gasteiger partial charge in [0.2, 0.25) is 0 Å². The third kappa shape index (κ3) is 2.37. The zero-order valence-electron chi connectivity index (χ0n) is 10.4. The zero-order chi connectivity index (χ0) is 11.8. The van der Waals surface area contributed by atoms with E-state index in [1.54, 1.807) is 13.0 Å². The molecule has 2 fully saturated rings. The summed E-state index contributed by atoms with van der Waals surface area (Å²) in [5, 5.41) is 7.28. The van der Waals surface area contributed by atoms with Gasteiger partial charge in [-0.15, -0.1) is 12.4 Å². The third-order valence-corrected chi connectivity index (χ3v) is 3.79. The number of nitrogens with one attached hydrogen (secondary N) is 1. The molecule has 1 amide bonds. The highest BCUT2D eigenvalue weighted by Gasteiger charge is 2.35. The number of hydrogen-bond acceptors (Lipinski definition) is 4. The van der Waals surface area contributed by atoms with E-state index in [4.69, 9.17) is 4.52 Å². The molecular formula is C12H18ClN3O2. The van der Waals surface area contributed by atoms with Gasteiger partial charge in [-0.3, -0.25) is 4.79 Å². The first-order valence-corrected chi connectivity index (χ1v) is 6.20. The Morgan fingerprint density at radius 2 is 2.39 bits per heavy atom. The van der Waals surface area contributed by atoms with Gasteiger partial charge < -0.3 is 14.7 Å². The van der Waals surface area contributed by atoms with Crippen molar-refractivity contribution < 1.29 is 9.32 Å². The van der Waals surface area contributed by atoms with Gasteiger partial charge in [0, 0.05) is 25.2 Å². The first-order chi connectivity index (χ1) is 8.24. The SMILES string of the molecule is Cc1cc(C(=O)N2CCC3NCCC3C2)no1.Cl. The van der Waals surface area contributed by atoms with Crippen molar-refractivity contribution in [1.29, 1.82) is 0 Å². The molecule has 1 aromatic heterocycles. The van der Waals surface area contributed by atoms with Crippen LogP contribution in [0.2, 0.25) is 0 Å². The number of carbonyl (C=O) groups is 1. The molecule has 3 rings (SSSR count). The van der Waals surface area contributed by atoms with E-state index in [0.717, 1.165) is 26.1 Å². The third-order valence-electron chi connectivity index (χ3n) is 3.79. The first-order valence-electron chi connectivity index (χ1n) is 6.20. The summed E-state index contributed by atoms with van der Waals surface area (Å²) in [6.45, 7) is 4.55. The molecule has 18 heavy (non-hydrogen) atoms. The summed E-state index contributed by atoms with van der Waals surface area (Å²) in [6.07, 6.45) is 2.22. The molecule has 2 atom stereocenters. The molecule has 2 aliphatic rings. The minimum absolute atomic E-state index is 0. The number of aromatic nitrogens is 1. The van der Waals surface area contributed by atoms with Crippen molar-refractivity contribution >= 4 is 18.3 Å². The van der Waals surface area contributed by atoms with Crippen LogP contribution in [-0.4, -0.2) is 41.6 Å². The molecule has 6 heteroatoms. The predicted octanol–water partition coefficient (Wildman–Crippen LogP) is 1.23. The zero-order valence-corrected chi connectivity index (χ0v) is 11.2. The summed E-state index contributed by atoms with van der Waals surface area (Å²) in [4.78, 5) is 14.1. The molecule has 100 valence electrons. The van der Waals surface area contributed by atoms with E-state index in [0.29, 0.717) is 23.4 Å². The van der Waals surface area contributed by atoms with E-state index in [1.165, 1.54) is 6.42 Å². The number of amides is 1. The Balaban J connectivity index is 0.00000120. The topological polar surface area (TPSA) is 58.4 Å². The molecular weight excluding hydrogens is 254 g/mol. The van der Waals surface area contributed by atoms with Crippen LogP contribution in [0.4, 0.5) is 0 Å². The minimum atomic E-state index is 0. The van der Waals surface area contributed by atoms with Crippen LogP contribution in [0.15, 0.2) is 10.6 Å². The van der Waals surface area contributed by atoms with E-state index in [-0.39, 0.29) is 18.3 Å². The summed E-state index contributed by atoms with van der Waals surface area (Å²) < 4.78 is 4.95. The molecule has 2 unspecified atom stereocenters. The quantitative estimate of drug-likeness (QED) is 0.835. The van der Waals surface area contributed by atoms with Gasteiger partial charge in [0.05, 0.1) is 0 Å². The smallest absolute Gasteiger partial charge is 0.276 e. The van der Waals surface area contributed by atoms with Crippen molar-refractivity contribution in [2.45, 2.75) is 25.8 Å². The van der Waals surface area contributed by atoms with E-state index in [1.807, 2.05) is 4.90 Å². The van der Waals surface area contributed by atoms with Gasteiger partial charge in [-0.25, -0.2) is 0 Å². The lowest BCUT2D eigenvalue weighted by atomic mass is 9.93. The molecule has 2 saturated heterocycles. The second-order valence-electron chi connectivity index (χ2n) is 4.97. The van der Waals surface area contributed by atoms with Crippen molar-refractivity contribution in [3.63, 3.8) is 0 Å². The fraction of sp³-hybridized carbons (Fsp3) is 0.667. The highest BCUT2D eigenvalue weighted by atomic mass is 35.5. The summed E-state index contributed by atoms with van der Waals surface area (Å²) in [5.41, 5.74) is 0.437. The van der Waals surface area contributed by atoms with Gasteiger partial charge >= 0.3 is 0 Å². The number of likely N-dealkylation sites (tertiary alicyclic amines) is 1. The van der Waals surface area contributed by atoms with Gasteiger partial charge in [0.25, 0.3) is 5.91 Å². The van der Waals surface area contributed by atoms with E-state index in [2.05, 4.69) is 10.5 Å². The Hall–Kier alpha value is -1.07. The van der Waals surface area contributed by atoms with Crippen molar-refractivity contribution in [1.82, 2.24) is 15.4 Å². The lowest BCUT2D eigenvalue weighted by Gasteiger charge is -2.34. The van der Waals surface area contributed by atoms with Gasteiger partial charge in [0.1, 0.15) is 5.76 Å². The standard InChI is InChI=1S/C12H17N3O2.ClH/c1-8-6-11(14-17-8)12(16)15-5-3-10-9(7-15)2-4-13-10;/h6,9-10,13H,2-5,7H2,1H3;1H. The van der Waals surface area contributed by atoms with Crippen LogP contribution in [0.5, 0.6) is 0 Å². The van der Waals surface area contributed by atoms with Crippen LogP contribution < -0.4 is 5.32 Å². The molecule has 1 N–H and O–H groups in total. The maximum atomic E-state index is 12.2. The van der Waals surface area contributed by atoms with Crippen LogP contribution in [0.1, 0.15) is 29.1 Å². The lowest BCUT2D eigenvalue weighted by Crippen LogP contribution is -2.46. The number of hydrogen-bond donors (Lipinski definition) is 1. The Morgan fingerprint density at radius 1 is 1.56 bits per heavy atom. The number of aryl methyl sites for hydroxylation is 1. The Kier molecular flexibility index (Phi) is 3.92. The maximum Gasteiger partial charge on any atom is 0.276 e. The van der Waals surface area contributed by atoms with Gasteiger partial charge in [-0.05, 0) is 32.2 Å². The van der Waals surface area contributed by atoms with Crippen LogP contribution in [0, 0.1) is 12.8 Å². The molecule has 0 spiro atoms. The fourth-order valence-electron chi connectivity index (χ4n) is 2.86. The number of piperidine rings is 1. The van der Waals surface area contributed by atoms with Crippen LogP contribution in [0.25, 0.3) is 0 Å². The minimum Gasteiger partial charge on any atom is -0.361 e. The second kappa shape index (κ2) is 5.28. The Morgan fingerprint density at radius 3 is 3.11 bits per heavy atom. The van der Waals surface area contributed by atoms with Gasteiger partial charge in [0.15, 0.2) is 5.69 Å². The van der Waals surface area contributed by atoms with Crippen molar-refractivity contribution in [2.24, 2.45) is 5.92 Å². The monoisotopic (exact) mass is 271 g/mol. The second-order valence-corrected chi connectivity index (χ2v) is 4.97. The average Bonchev–Trinajstić information content (AvgIpc) is 2.95. The predicted molar refractivity (Wildman–Crippen MR) is 68.9 cm³/mol. The molecule has 3 heterocycles. The van der Waals surface area contributed by atoms with Crippen molar-refractivity contribution in [3.8, 4) is 0 Å². The average molecular weight is 272 g/mol. The maximum absolute atomic E-state index is 12.2. The first kappa shape index (κ1) is 13.4. The van der Waals surface area contributed by atoms with Gasteiger partial charge in [-0.1, -0.05) is 5.16 Å². The molecule has 0 aliphatic carbocycles. The molecule has 0 radical (unpaired) electrons.